The Hall–Kier alpha value is -3.82. The van der Waals surface area contributed by atoms with Gasteiger partial charge in [0.1, 0.15) is 23.9 Å². The Morgan fingerprint density at radius 1 is 1.08 bits per heavy atom. The zero-order chi connectivity index (χ0) is 26.2. The monoisotopic (exact) mass is 511 g/mol. The Morgan fingerprint density at radius 3 is 2.38 bits per heavy atom. The highest BCUT2D eigenvalue weighted by Crippen LogP contribution is 2.57. The number of anilines is 2. The molecule has 10 heteroatoms. The van der Waals surface area contributed by atoms with Gasteiger partial charge in [0.15, 0.2) is 12.4 Å². The van der Waals surface area contributed by atoms with Gasteiger partial charge < -0.3 is 19.3 Å². The van der Waals surface area contributed by atoms with Crippen molar-refractivity contribution >= 4 is 17.5 Å². The highest BCUT2D eigenvalue weighted by atomic mass is 19.4. The Morgan fingerprint density at radius 2 is 1.76 bits per heavy atom. The molecule has 37 heavy (non-hydrogen) atoms. The van der Waals surface area contributed by atoms with Crippen LogP contribution in [0.2, 0.25) is 0 Å². The molecule has 7 nitrogen and oxygen atoms in total. The highest BCUT2D eigenvalue weighted by Gasteiger charge is 2.53. The molecule has 3 aromatic rings. The average molecular weight is 512 g/mol. The molecule has 0 atom stereocenters. The largest absolute Gasteiger partial charge is 0.457 e. The van der Waals surface area contributed by atoms with Crippen molar-refractivity contribution in [2.75, 3.05) is 18.0 Å². The molecule has 1 aliphatic heterocycles. The second-order valence-corrected chi connectivity index (χ2v) is 9.73. The van der Waals surface area contributed by atoms with Gasteiger partial charge in [0.2, 0.25) is 0 Å². The minimum atomic E-state index is -4.44. The van der Waals surface area contributed by atoms with E-state index in [2.05, 4.69) is 9.88 Å². The van der Waals surface area contributed by atoms with Crippen LogP contribution in [0, 0.1) is 5.41 Å². The van der Waals surface area contributed by atoms with E-state index in [0.29, 0.717) is 5.82 Å². The number of hydrogen-bond acceptors (Lipinski definition) is 6. The third-order valence-corrected chi connectivity index (χ3v) is 6.66. The van der Waals surface area contributed by atoms with E-state index in [1.807, 2.05) is 54.6 Å². The van der Waals surface area contributed by atoms with E-state index < -0.39 is 24.8 Å². The van der Waals surface area contributed by atoms with Crippen molar-refractivity contribution in [1.29, 1.82) is 5.41 Å². The molecule has 2 aromatic carbocycles. The molecule has 0 unspecified atom stereocenters. The zero-order valence-corrected chi connectivity index (χ0v) is 20.6. The van der Waals surface area contributed by atoms with E-state index in [0.717, 1.165) is 52.9 Å². The van der Waals surface area contributed by atoms with Gasteiger partial charge >= 0.3 is 6.18 Å². The third-order valence-electron chi connectivity index (χ3n) is 6.66. The van der Waals surface area contributed by atoms with Crippen LogP contribution in [0.5, 0.6) is 11.5 Å². The number of para-hydroxylation sites is 1. The lowest BCUT2D eigenvalue weighted by Crippen LogP contribution is -2.43. The van der Waals surface area contributed by atoms with Crippen molar-refractivity contribution in [2.45, 2.75) is 50.9 Å². The summed E-state index contributed by atoms with van der Waals surface area (Å²) in [5.74, 6) is 2.56. The van der Waals surface area contributed by atoms with Gasteiger partial charge in [-0.25, -0.2) is 9.97 Å². The molecule has 0 radical (unpaired) electrons. The number of halogens is 3. The lowest BCUT2D eigenvalue weighted by molar-refractivity contribution is -0.142. The Bertz CT molecular complexity index is 1260. The van der Waals surface area contributed by atoms with Gasteiger partial charge in [0.05, 0.1) is 0 Å². The summed E-state index contributed by atoms with van der Waals surface area (Å²) in [7, 11) is 0. The molecule has 0 amide bonds. The highest BCUT2D eigenvalue weighted by molar-refractivity contribution is 5.72. The molecule has 2 aliphatic rings. The van der Waals surface area contributed by atoms with E-state index in [-0.39, 0.29) is 12.0 Å². The van der Waals surface area contributed by atoms with Crippen molar-refractivity contribution in [3.63, 3.8) is 0 Å². The number of ether oxygens (including phenoxy) is 2. The second-order valence-electron chi connectivity index (χ2n) is 9.73. The molecule has 0 saturated heterocycles. The van der Waals surface area contributed by atoms with Gasteiger partial charge in [-0.15, -0.1) is 0 Å². The molecule has 1 saturated carbocycles. The van der Waals surface area contributed by atoms with E-state index >= 15 is 0 Å². The summed E-state index contributed by atoms with van der Waals surface area (Å²) >= 11 is 0. The Kier molecular flexibility index (Phi) is 6.43. The summed E-state index contributed by atoms with van der Waals surface area (Å²) in [5.41, 5.74) is 2.05. The molecule has 1 N–H and O–H groups in total. The van der Waals surface area contributed by atoms with Crippen molar-refractivity contribution in [3.05, 3.63) is 72.2 Å². The third kappa shape index (κ3) is 5.47. The van der Waals surface area contributed by atoms with Crippen LogP contribution in [0.4, 0.5) is 24.7 Å². The van der Waals surface area contributed by atoms with Gasteiger partial charge in [-0.1, -0.05) is 18.2 Å². The summed E-state index contributed by atoms with van der Waals surface area (Å²) in [4.78, 5) is 12.1. The summed E-state index contributed by atoms with van der Waals surface area (Å²) in [6.45, 7) is 2.49. The van der Waals surface area contributed by atoms with E-state index in [1.54, 1.807) is 20.0 Å². The first-order valence-electron chi connectivity index (χ1n) is 12.2. The van der Waals surface area contributed by atoms with Crippen molar-refractivity contribution in [3.8, 4) is 11.5 Å². The Balaban J connectivity index is 1.31. The number of rotatable bonds is 7. The zero-order valence-electron chi connectivity index (χ0n) is 20.6. The predicted molar refractivity (Wildman–Crippen MR) is 133 cm³/mol. The van der Waals surface area contributed by atoms with Crippen molar-refractivity contribution in [1.82, 2.24) is 14.9 Å². The molecule has 1 aromatic heterocycles. The topological polar surface area (TPSA) is 74.6 Å². The van der Waals surface area contributed by atoms with Crippen molar-refractivity contribution in [2.24, 2.45) is 0 Å². The summed E-state index contributed by atoms with van der Waals surface area (Å²) < 4.78 is 50.1. The second kappa shape index (κ2) is 9.57. The first kappa shape index (κ1) is 24.9. The fourth-order valence-electron chi connectivity index (χ4n) is 4.53. The number of fused-ring (bicyclic) bond motifs is 2. The van der Waals surface area contributed by atoms with Crippen LogP contribution in [0.1, 0.15) is 38.1 Å². The van der Waals surface area contributed by atoms with Crippen LogP contribution in [-0.4, -0.2) is 46.2 Å². The maximum absolute atomic E-state index is 12.9. The minimum absolute atomic E-state index is 0.0296. The fourth-order valence-corrected chi connectivity index (χ4v) is 4.53. The van der Waals surface area contributed by atoms with Gasteiger partial charge in [-0.2, -0.15) is 13.2 Å². The number of aromatic nitrogens is 2. The molecule has 1 spiro atoms. The lowest BCUT2D eigenvalue weighted by atomic mass is 10.0. The maximum Gasteiger partial charge on any atom is 0.406 e. The number of nitrogens with zero attached hydrogens (tertiary/aromatic N) is 4. The molecule has 194 valence electrons. The Labute approximate surface area is 213 Å². The van der Waals surface area contributed by atoms with Crippen LogP contribution in [0.3, 0.4) is 0 Å². The predicted octanol–water partition coefficient (Wildman–Crippen LogP) is 6.18. The van der Waals surface area contributed by atoms with Gasteiger partial charge in [-0.3, -0.25) is 5.41 Å². The molecular formula is C27H28F3N5O2. The molecule has 0 bridgehead atoms. The summed E-state index contributed by atoms with van der Waals surface area (Å²) in [5, 5.41) is 8.03. The molecule has 5 rings (SSSR count). The standard InChI is InChI=1S/C27H28F3N5O2/c1-18(2)34(17-27(28,29)30)25(31)36-15-23-32-14-22-24(33-23)35(16-26(22)12-13-26)19-8-10-21(11-9-19)37-20-6-4-3-5-7-20/h3-11,14,18,31H,12-13,15-17H2,1-2H3. The SMILES string of the molecule is CC(C)N(CC(F)(F)F)C(=N)OCc1ncc2c(n1)N(c1ccc(Oc3ccccc3)cc1)CC21CC1. The summed E-state index contributed by atoms with van der Waals surface area (Å²) in [6.07, 6.45) is -0.544. The van der Waals surface area contributed by atoms with Gasteiger partial charge in [-0.05, 0) is 63.1 Å². The molecule has 2 heterocycles. The van der Waals surface area contributed by atoms with Crippen LogP contribution in [-0.2, 0) is 16.8 Å². The molecule has 1 aliphatic carbocycles. The lowest BCUT2D eigenvalue weighted by Gasteiger charge is -2.29. The summed E-state index contributed by atoms with van der Waals surface area (Å²) in [6, 6.07) is 16.2. The van der Waals surface area contributed by atoms with E-state index in [4.69, 9.17) is 19.9 Å². The normalized spacial score (nSPS) is 15.6. The number of hydrogen-bond donors (Lipinski definition) is 1. The number of nitrogens with one attached hydrogen (secondary N) is 1. The van der Waals surface area contributed by atoms with Crippen LogP contribution in [0.25, 0.3) is 0 Å². The first-order chi connectivity index (χ1) is 17.6. The number of amidine groups is 1. The smallest absolute Gasteiger partial charge is 0.406 e. The minimum Gasteiger partial charge on any atom is -0.457 e. The molecule has 1 fully saturated rings. The van der Waals surface area contributed by atoms with E-state index in [1.165, 1.54) is 0 Å². The van der Waals surface area contributed by atoms with E-state index in [9.17, 15) is 13.2 Å². The molecular weight excluding hydrogens is 483 g/mol. The first-order valence-corrected chi connectivity index (χ1v) is 12.2. The average Bonchev–Trinajstić information content (AvgIpc) is 3.58. The van der Waals surface area contributed by atoms with Gasteiger partial charge in [0, 0.05) is 35.4 Å². The fraction of sp³-hybridized carbons (Fsp3) is 0.370. The number of alkyl halides is 3. The quantitative estimate of drug-likeness (QED) is 0.302. The van der Waals surface area contributed by atoms with Crippen molar-refractivity contribution < 1.29 is 22.6 Å². The van der Waals surface area contributed by atoms with Crippen LogP contribution < -0.4 is 9.64 Å². The van der Waals surface area contributed by atoms with Crippen LogP contribution >= 0.6 is 0 Å². The maximum atomic E-state index is 12.9. The number of benzene rings is 2. The van der Waals surface area contributed by atoms with Gasteiger partial charge in [0.25, 0.3) is 6.02 Å². The van der Waals surface area contributed by atoms with Crippen LogP contribution in [0.15, 0.2) is 60.8 Å².